The van der Waals surface area contributed by atoms with Crippen molar-refractivity contribution >= 4 is 0 Å². The molecule has 2 heteroatoms. The lowest BCUT2D eigenvalue weighted by molar-refractivity contribution is -0.0925. The Labute approximate surface area is 99.4 Å². The van der Waals surface area contributed by atoms with Crippen LogP contribution in [-0.4, -0.2) is 23.9 Å². The van der Waals surface area contributed by atoms with Crippen LogP contribution in [0.5, 0.6) is 0 Å². The first-order valence-corrected chi connectivity index (χ1v) is 7.12. The van der Waals surface area contributed by atoms with E-state index in [-0.39, 0.29) is 6.10 Å². The van der Waals surface area contributed by atoms with Gasteiger partial charge in [0, 0.05) is 6.61 Å². The maximum atomic E-state index is 10.0. The van der Waals surface area contributed by atoms with Gasteiger partial charge in [-0.2, -0.15) is 0 Å². The van der Waals surface area contributed by atoms with Gasteiger partial charge in [-0.25, -0.2) is 0 Å². The van der Waals surface area contributed by atoms with Crippen LogP contribution in [-0.2, 0) is 4.74 Å². The Balaban J connectivity index is 1.87. The maximum Gasteiger partial charge on any atom is 0.0607 e. The van der Waals surface area contributed by atoms with E-state index in [1.807, 2.05) is 0 Å². The van der Waals surface area contributed by atoms with Gasteiger partial charge in [-0.3, -0.25) is 0 Å². The van der Waals surface area contributed by atoms with E-state index in [1.165, 1.54) is 38.5 Å². The van der Waals surface area contributed by atoms with Crippen molar-refractivity contribution in [3.63, 3.8) is 0 Å². The fraction of sp³-hybridized carbons (Fsp3) is 1.00. The number of unbranched alkanes of at least 4 members (excludes halogenated alkanes) is 1. The van der Waals surface area contributed by atoms with E-state index in [9.17, 15) is 5.11 Å². The zero-order valence-electron chi connectivity index (χ0n) is 10.5. The fourth-order valence-electron chi connectivity index (χ4n) is 3.48. The predicted octanol–water partition coefficient (Wildman–Crippen LogP) is 3.13. The van der Waals surface area contributed by atoms with Crippen LogP contribution in [0.2, 0.25) is 0 Å². The number of fused-ring (bicyclic) bond motifs is 1. The zero-order chi connectivity index (χ0) is 11.4. The first kappa shape index (κ1) is 12.4. The lowest BCUT2D eigenvalue weighted by atomic mass is 9.68. The Morgan fingerprint density at radius 1 is 1.06 bits per heavy atom. The second-order valence-corrected chi connectivity index (χ2v) is 5.52. The maximum absolute atomic E-state index is 10.0. The summed E-state index contributed by atoms with van der Waals surface area (Å²) in [5.74, 6) is 1.18. The van der Waals surface area contributed by atoms with Crippen LogP contribution in [0, 0.1) is 11.8 Å². The van der Waals surface area contributed by atoms with Crippen molar-refractivity contribution in [2.75, 3.05) is 6.61 Å². The number of aliphatic hydroxyl groups is 1. The molecule has 0 unspecified atom stereocenters. The molecule has 2 aliphatic rings. The largest absolute Gasteiger partial charge is 0.393 e. The molecule has 0 aliphatic heterocycles. The summed E-state index contributed by atoms with van der Waals surface area (Å²) in [4.78, 5) is 0. The number of aliphatic hydroxyl groups excluding tert-OH is 1. The fourth-order valence-corrected chi connectivity index (χ4v) is 3.48. The summed E-state index contributed by atoms with van der Waals surface area (Å²) in [5.41, 5.74) is 0. The van der Waals surface area contributed by atoms with Crippen molar-refractivity contribution in [2.24, 2.45) is 11.8 Å². The smallest absolute Gasteiger partial charge is 0.0607 e. The Bertz CT molecular complexity index is 205. The highest BCUT2D eigenvalue weighted by atomic mass is 16.5. The summed E-state index contributed by atoms with van der Waals surface area (Å²) in [6, 6.07) is 0. The SMILES string of the molecule is CCCCO[C@H]1CC[C@H](O)[C@H]2CCCC[C@@H]21. The molecule has 2 aliphatic carbocycles. The van der Waals surface area contributed by atoms with E-state index in [2.05, 4.69) is 6.92 Å². The van der Waals surface area contributed by atoms with Gasteiger partial charge < -0.3 is 9.84 Å². The van der Waals surface area contributed by atoms with Crippen LogP contribution < -0.4 is 0 Å². The number of hydrogen-bond donors (Lipinski definition) is 1. The topological polar surface area (TPSA) is 29.5 Å². The van der Waals surface area contributed by atoms with Crippen molar-refractivity contribution < 1.29 is 9.84 Å². The lowest BCUT2D eigenvalue weighted by Crippen LogP contribution is -2.43. The molecule has 2 saturated carbocycles. The minimum atomic E-state index is -0.0451. The van der Waals surface area contributed by atoms with Gasteiger partial charge >= 0.3 is 0 Å². The summed E-state index contributed by atoms with van der Waals surface area (Å²) in [5, 5.41) is 10.0. The Hall–Kier alpha value is -0.0800. The molecule has 0 saturated heterocycles. The summed E-state index contributed by atoms with van der Waals surface area (Å²) in [6.07, 6.45) is 9.96. The van der Waals surface area contributed by atoms with Gasteiger partial charge in [-0.05, 0) is 43.9 Å². The molecular weight excluding hydrogens is 200 g/mol. The molecule has 0 aromatic carbocycles. The summed E-state index contributed by atoms with van der Waals surface area (Å²) >= 11 is 0. The van der Waals surface area contributed by atoms with Crippen LogP contribution in [0.25, 0.3) is 0 Å². The summed E-state index contributed by atoms with van der Waals surface area (Å²) < 4.78 is 6.03. The minimum Gasteiger partial charge on any atom is -0.393 e. The number of rotatable bonds is 4. The molecule has 0 aromatic heterocycles. The monoisotopic (exact) mass is 226 g/mol. The van der Waals surface area contributed by atoms with Gasteiger partial charge in [0.25, 0.3) is 0 Å². The lowest BCUT2D eigenvalue weighted by Gasteiger charge is -2.43. The van der Waals surface area contributed by atoms with Crippen LogP contribution in [0.1, 0.15) is 58.3 Å². The van der Waals surface area contributed by atoms with E-state index >= 15 is 0 Å². The van der Waals surface area contributed by atoms with Gasteiger partial charge in [-0.15, -0.1) is 0 Å². The molecule has 94 valence electrons. The van der Waals surface area contributed by atoms with Crippen molar-refractivity contribution in [3.8, 4) is 0 Å². The van der Waals surface area contributed by atoms with E-state index < -0.39 is 0 Å². The van der Waals surface area contributed by atoms with Crippen LogP contribution in [0.3, 0.4) is 0 Å². The highest BCUT2D eigenvalue weighted by Gasteiger charge is 2.40. The summed E-state index contributed by atoms with van der Waals surface area (Å²) in [6.45, 7) is 3.12. The van der Waals surface area contributed by atoms with Gasteiger partial charge in [0.15, 0.2) is 0 Å². The normalized spacial score (nSPS) is 39.4. The third kappa shape index (κ3) is 2.78. The number of ether oxygens (including phenoxy) is 1. The van der Waals surface area contributed by atoms with Gasteiger partial charge in [0.05, 0.1) is 12.2 Å². The molecule has 0 heterocycles. The van der Waals surface area contributed by atoms with E-state index in [1.54, 1.807) is 0 Å². The second-order valence-electron chi connectivity index (χ2n) is 5.52. The van der Waals surface area contributed by atoms with E-state index in [4.69, 9.17) is 4.74 Å². The molecule has 1 N–H and O–H groups in total. The highest BCUT2D eigenvalue weighted by Crippen LogP contribution is 2.41. The molecule has 2 nitrogen and oxygen atoms in total. The highest BCUT2D eigenvalue weighted by molar-refractivity contribution is 4.90. The van der Waals surface area contributed by atoms with Crippen molar-refractivity contribution in [1.29, 1.82) is 0 Å². The molecule has 0 amide bonds. The molecular formula is C14H26O2. The second kappa shape index (κ2) is 6.02. The van der Waals surface area contributed by atoms with Gasteiger partial charge in [0.1, 0.15) is 0 Å². The Morgan fingerprint density at radius 2 is 1.81 bits per heavy atom. The quantitative estimate of drug-likeness (QED) is 0.746. The molecule has 2 rings (SSSR count). The van der Waals surface area contributed by atoms with Gasteiger partial charge in [-0.1, -0.05) is 26.2 Å². The molecule has 0 radical (unpaired) electrons. The number of hydrogen-bond acceptors (Lipinski definition) is 2. The van der Waals surface area contributed by atoms with E-state index in [0.29, 0.717) is 17.9 Å². The average Bonchev–Trinajstić information content (AvgIpc) is 2.33. The molecule has 2 fully saturated rings. The molecule has 0 bridgehead atoms. The Kier molecular flexibility index (Phi) is 4.66. The third-order valence-corrected chi connectivity index (χ3v) is 4.42. The Morgan fingerprint density at radius 3 is 2.56 bits per heavy atom. The average molecular weight is 226 g/mol. The van der Waals surface area contributed by atoms with Crippen molar-refractivity contribution in [1.82, 2.24) is 0 Å². The first-order valence-electron chi connectivity index (χ1n) is 7.12. The predicted molar refractivity (Wildman–Crippen MR) is 65.3 cm³/mol. The van der Waals surface area contributed by atoms with Crippen molar-refractivity contribution in [3.05, 3.63) is 0 Å². The minimum absolute atomic E-state index is 0.0451. The third-order valence-electron chi connectivity index (χ3n) is 4.42. The molecule has 16 heavy (non-hydrogen) atoms. The van der Waals surface area contributed by atoms with Gasteiger partial charge in [0.2, 0.25) is 0 Å². The van der Waals surface area contributed by atoms with E-state index in [0.717, 1.165) is 19.4 Å². The van der Waals surface area contributed by atoms with Crippen LogP contribution >= 0.6 is 0 Å². The molecule has 0 spiro atoms. The zero-order valence-corrected chi connectivity index (χ0v) is 10.5. The summed E-state index contributed by atoms with van der Waals surface area (Å²) in [7, 11) is 0. The first-order chi connectivity index (χ1) is 7.83. The molecule has 0 aromatic rings. The standard InChI is InChI=1S/C14H26O2/c1-2-3-10-16-14-9-8-13(15)11-6-4-5-7-12(11)14/h11-15H,2-10H2,1H3/t11-,12-,13-,14-/m0/s1. The van der Waals surface area contributed by atoms with Crippen LogP contribution in [0.15, 0.2) is 0 Å². The van der Waals surface area contributed by atoms with Crippen LogP contribution in [0.4, 0.5) is 0 Å². The molecule has 4 atom stereocenters. The van der Waals surface area contributed by atoms with Crippen molar-refractivity contribution in [2.45, 2.75) is 70.5 Å².